The fourth-order valence-corrected chi connectivity index (χ4v) is 3.20. The molecule has 0 radical (unpaired) electrons. The molecule has 0 atom stereocenters. The van der Waals surface area contributed by atoms with E-state index < -0.39 is 0 Å². The van der Waals surface area contributed by atoms with Gasteiger partial charge in [-0.1, -0.05) is 12.1 Å². The van der Waals surface area contributed by atoms with Crippen molar-refractivity contribution in [3.8, 4) is 34.3 Å². The van der Waals surface area contributed by atoms with Crippen molar-refractivity contribution in [2.75, 3.05) is 18.7 Å². The normalized spacial score (nSPS) is 12.2. The third-order valence-corrected chi connectivity index (χ3v) is 4.67. The summed E-state index contributed by atoms with van der Waals surface area (Å²) in [7, 11) is 1.91. The summed E-state index contributed by atoms with van der Waals surface area (Å²) in [6, 6.07) is 15.6. The number of halogens is 1. The number of anilines is 2. The molecule has 7 nitrogen and oxygen atoms in total. The van der Waals surface area contributed by atoms with Gasteiger partial charge in [0.1, 0.15) is 11.6 Å². The summed E-state index contributed by atoms with van der Waals surface area (Å²) in [5, 5.41) is 7.17. The summed E-state index contributed by atoms with van der Waals surface area (Å²) in [4.78, 5) is 11.0. The lowest BCUT2D eigenvalue weighted by atomic mass is 10.2. The molecule has 8 heteroatoms. The Kier molecular flexibility index (Phi) is 4.09. The van der Waals surface area contributed by atoms with Gasteiger partial charge >= 0.3 is 0 Å². The van der Waals surface area contributed by atoms with Gasteiger partial charge in [0.15, 0.2) is 23.1 Å². The van der Waals surface area contributed by atoms with Gasteiger partial charge in [0.05, 0.1) is 5.56 Å². The largest absolute Gasteiger partial charge is 0.454 e. The number of pyridine rings is 1. The first-order valence-electron chi connectivity index (χ1n) is 8.96. The van der Waals surface area contributed by atoms with Gasteiger partial charge in [0.25, 0.3) is 0 Å². The van der Waals surface area contributed by atoms with Gasteiger partial charge in [0, 0.05) is 30.6 Å². The van der Waals surface area contributed by atoms with E-state index in [4.69, 9.17) is 9.47 Å². The highest BCUT2D eigenvalue weighted by molar-refractivity contribution is 5.77. The number of hydrogen-bond acceptors (Lipinski definition) is 6. The zero-order chi connectivity index (χ0) is 19.8. The average molecular weight is 389 g/mol. The van der Waals surface area contributed by atoms with Crippen LogP contribution in [0.5, 0.6) is 11.5 Å². The van der Waals surface area contributed by atoms with Gasteiger partial charge in [-0.05, 0) is 36.4 Å². The molecule has 0 spiro atoms. The average Bonchev–Trinajstić information content (AvgIpc) is 3.42. The smallest absolute Gasteiger partial charge is 0.231 e. The number of H-pyrrole nitrogens is 1. The first kappa shape index (κ1) is 17.2. The first-order valence-corrected chi connectivity index (χ1v) is 8.96. The lowest BCUT2D eigenvalue weighted by molar-refractivity contribution is 0.174. The molecule has 2 aromatic carbocycles. The second kappa shape index (κ2) is 6.90. The molecule has 144 valence electrons. The highest BCUT2D eigenvalue weighted by Crippen LogP contribution is 2.38. The third-order valence-electron chi connectivity index (χ3n) is 4.67. The lowest BCUT2D eigenvalue weighted by Gasteiger charge is -2.20. The number of benzene rings is 2. The second-order valence-electron chi connectivity index (χ2n) is 6.49. The topological polar surface area (TPSA) is 76.2 Å². The molecule has 5 rings (SSSR count). The van der Waals surface area contributed by atoms with E-state index in [1.807, 2.05) is 42.3 Å². The summed E-state index contributed by atoms with van der Waals surface area (Å²) < 4.78 is 24.4. The number of nitrogens with zero attached hydrogens (tertiary/aromatic N) is 4. The van der Waals surface area contributed by atoms with Crippen LogP contribution in [-0.4, -0.2) is 34.0 Å². The Morgan fingerprint density at radius 1 is 1.03 bits per heavy atom. The summed E-state index contributed by atoms with van der Waals surface area (Å²) in [6.45, 7) is 0.220. The van der Waals surface area contributed by atoms with Crippen LogP contribution in [0.2, 0.25) is 0 Å². The minimum Gasteiger partial charge on any atom is -0.454 e. The van der Waals surface area contributed by atoms with Crippen molar-refractivity contribution in [2.45, 2.75) is 0 Å². The molecule has 4 aromatic rings. The quantitative estimate of drug-likeness (QED) is 0.565. The number of nitrogens with one attached hydrogen (secondary N) is 1. The van der Waals surface area contributed by atoms with Crippen LogP contribution in [0.3, 0.4) is 0 Å². The van der Waals surface area contributed by atoms with Crippen molar-refractivity contribution in [3.05, 3.63) is 66.6 Å². The Morgan fingerprint density at radius 3 is 2.83 bits per heavy atom. The molecular weight excluding hydrogens is 373 g/mol. The van der Waals surface area contributed by atoms with Crippen LogP contribution in [0.15, 0.2) is 60.8 Å². The fourth-order valence-electron chi connectivity index (χ4n) is 3.20. The monoisotopic (exact) mass is 389 g/mol. The van der Waals surface area contributed by atoms with E-state index in [0.717, 1.165) is 17.0 Å². The number of hydrogen-bond donors (Lipinski definition) is 1. The molecule has 1 N–H and O–H groups in total. The van der Waals surface area contributed by atoms with Crippen LogP contribution in [0.1, 0.15) is 0 Å². The molecule has 29 heavy (non-hydrogen) atoms. The predicted octanol–water partition coefficient (Wildman–Crippen LogP) is 4.17. The maximum atomic E-state index is 13.5. The molecule has 0 saturated carbocycles. The summed E-state index contributed by atoms with van der Waals surface area (Å²) in [6.07, 6.45) is 1.71. The molecule has 1 aliphatic rings. The Labute approximate surface area is 165 Å². The molecule has 0 saturated heterocycles. The first-order chi connectivity index (χ1) is 14.2. The molecular formula is C21H16FN5O2. The highest BCUT2D eigenvalue weighted by atomic mass is 19.1. The number of aromatic nitrogens is 4. The SMILES string of the molecule is CN(c1ccc2c(c1)OCO2)c1ncccc1-c1nc(-c2cccc(F)c2)n[nH]1. The van der Waals surface area contributed by atoms with Gasteiger partial charge in [-0.2, -0.15) is 5.10 Å². The third kappa shape index (κ3) is 3.14. The lowest BCUT2D eigenvalue weighted by Crippen LogP contribution is -2.12. The minimum atomic E-state index is -0.335. The van der Waals surface area contributed by atoms with Crippen molar-refractivity contribution >= 4 is 11.5 Å². The molecule has 1 aliphatic heterocycles. The highest BCUT2D eigenvalue weighted by Gasteiger charge is 2.19. The summed E-state index contributed by atoms with van der Waals surface area (Å²) in [5.41, 5.74) is 2.25. The van der Waals surface area contributed by atoms with Crippen LogP contribution in [-0.2, 0) is 0 Å². The molecule has 0 bridgehead atoms. The van der Waals surface area contributed by atoms with Gasteiger partial charge in [-0.15, -0.1) is 0 Å². The zero-order valence-corrected chi connectivity index (χ0v) is 15.5. The van der Waals surface area contributed by atoms with E-state index in [0.29, 0.717) is 28.8 Å². The van der Waals surface area contributed by atoms with E-state index in [1.165, 1.54) is 12.1 Å². The maximum absolute atomic E-state index is 13.5. The van der Waals surface area contributed by atoms with Gasteiger partial charge < -0.3 is 14.4 Å². The molecule has 0 unspecified atom stereocenters. The van der Waals surface area contributed by atoms with E-state index in [-0.39, 0.29) is 12.6 Å². The van der Waals surface area contributed by atoms with Crippen LogP contribution in [0, 0.1) is 5.82 Å². The van der Waals surface area contributed by atoms with Crippen LogP contribution >= 0.6 is 0 Å². The van der Waals surface area contributed by atoms with Gasteiger partial charge in [-0.25, -0.2) is 14.4 Å². The second-order valence-corrected chi connectivity index (χ2v) is 6.49. The molecule has 3 heterocycles. The fraction of sp³-hybridized carbons (Fsp3) is 0.0952. The number of aromatic amines is 1. The Hall–Kier alpha value is -3.94. The number of fused-ring (bicyclic) bond motifs is 1. The predicted molar refractivity (Wildman–Crippen MR) is 106 cm³/mol. The van der Waals surface area contributed by atoms with Crippen molar-refractivity contribution in [3.63, 3.8) is 0 Å². The standard InChI is InChI=1S/C21H16FN5O2/c1-27(15-7-8-17-18(11-15)29-12-28-17)21-16(6-3-9-23-21)20-24-19(25-26-20)13-4-2-5-14(22)10-13/h2-11H,12H2,1H3,(H,24,25,26). The Morgan fingerprint density at radius 2 is 1.93 bits per heavy atom. The Bertz CT molecular complexity index is 1190. The summed E-state index contributed by atoms with van der Waals surface area (Å²) >= 11 is 0. The molecule has 0 aliphatic carbocycles. The number of rotatable bonds is 4. The molecule has 0 amide bonds. The van der Waals surface area contributed by atoms with Crippen molar-refractivity contribution in [1.29, 1.82) is 0 Å². The van der Waals surface area contributed by atoms with Crippen molar-refractivity contribution < 1.29 is 13.9 Å². The minimum absolute atomic E-state index is 0.220. The van der Waals surface area contributed by atoms with E-state index in [1.54, 1.807) is 18.3 Å². The summed E-state index contributed by atoms with van der Waals surface area (Å²) in [5.74, 6) is 2.73. The van der Waals surface area contributed by atoms with E-state index in [9.17, 15) is 4.39 Å². The van der Waals surface area contributed by atoms with E-state index in [2.05, 4.69) is 20.2 Å². The van der Waals surface area contributed by atoms with Crippen LogP contribution in [0.4, 0.5) is 15.9 Å². The molecule has 2 aromatic heterocycles. The zero-order valence-electron chi connectivity index (χ0n) is 15.5. The van der Waals surface area contributed by atoms with Crippen LogP contribution < -0.4 is 14.4 Å². The van der Waals surface area contributed by atoms with Crippen LogP contribution in [0.25, 0.3) is 22.8 Å². The maximum Gasteiger partial charge on any atom is 0.231 e. The molecule has 0 fully saturated rings. The van der Waals surface area contributed by atoms with Crippen molar-refractivity contribution in [1.82, 2.24) is 20.2 Å². The Balaban J connectivity index is 1.52. The van der Waals surface area contributed by atoms with E-state index >= 15 is 0 Å². The number of ether oxygens (including phenoxy) is 2. The van der Waals surface area contributed by atoms with Gasteiger partial charge in [-0.3, -0.25) is 5.10 Å². The van der Waals surface area contributed by atoms with Crippen molar-refractivity contribution in [2.24, 2.45) is 0 Å². The van der Waals surface area contributed by atoms with Gasteiger partial charge in [0.2, 0.25) is 6.79 Å².